The summed E-state index contributed by atoms with van der Waals surface area (Å²) in [4.78, 5) is 17.0. The number of amides is 1. The minimum atomic E-state index is -0.201. The first-order chi connectivity index (χ1) is 12.1. The Morgan fingerprint density at radius 2 is 1.92 bits per heavy atom. The van der Waals surface area contributed by atoms with Gasteiger partial charge >= 0.3 is 0 Å². The van der Waals surface area contributed by atoms with Gasteiger partial charge in [0, 0.05) is 10.9 Å². The Morgan fingerprint density at radius 3 is 2.72 bits per heavy atom. The summed E-state index contributed by atoms with van der Waals surface area (Å²) in [5.74, 6) is 1.13. The van der Waals surface area contributed by atoms with Crippen LogP contribution in [0.5, 0.6) is 0 Å². The monoisotopic (exact) mass is 348 g/mol. The number of benzene rings is 2. The van der Waals surface area contributed by atoms with Crippen LogP contribution in [0.1, 0.15) is 21.9 Å². The van der Waals surface area contributed by atoms with E-state index in [9.17, 15) is 4.79 Å². The maximum absolute atomic E-state index is 12.4. The first kappa shape index (κ1) is 15.6. The Labute approximate surface area is 149 Å². The van der Waals surface area contributed by atoms with Gasteiger partial charge < -0.3 is 4.42 Å². The van der Waals surface area contributed by atoms with Crippen LogP contribution in [0.15, 0.2) is 58.3 Å². The second-order valence-corrected chi connectivity index (χ2v) is 6.70. The molecule has 4 nitrogen and oxygen atoms in total. The molecule has 4 rings (SSSR count). The molecule has 1 N–H and O–H groups in total. The highest BCUT2D eigenvalue weighted by atomic mass is 32.1. The minimum absolute atomic E-state index is 0.201. The van der Waals surface area contributed by atoms with Crippen LogP contribution in [-0.4, -0.2) is 10.9 Å². The molecule has 0 bridgehead atoms. The SMILES string of the molecule is Cc1cc(C(=O)Nc2nc(-c3cccc4ccccc34)cs2)c(C)o1. The molecule has 2 aromatic carbocycles. The largest absolute Gasteiger partial charge is 0.466 e. The van der Waals surface area contributed by atoms with E-state index in [4.69, 9.17) is 4.42 Å². The zero-order chi connectivity index (χ0) is 17.4. The molecule has 0 aliphatic rings. The Kier molecular flexibility index (Phi) is 3.86. The van der Waals surface area contributed by atoms with Crippen LogP contribution in [0, 0.1) is 13.8 Å². The van der Waals surface area contributed by atoms with E-state index in [2.05, 4.69) is 28.5 Å². The molecule has 0 saturated heterocycles. The summed E-state index contributed by atoms with van der Waals surface area (Å²) in [6.07, 6.45) is 0. The fraction of sp³-hybridized carbons (Fsp3) is 0.100. The summed E-state index contributed by atoms with van der Waals surface area (Å²) >= 11 is 1.41. The molecule has 0 aliphatic carbocycles. The number of anilines is 1. The summed E-state index contributed by atoms with van der Waals surface area (Å²) in [7, 11) is 0. The van der Waals surface area contributed by atoms with Gasteiger partial charge in [0.25, 0.3) is 5.91 Å². The van der Waals surface area contributed by atoms with Gasteiger partial charge in [0.05, 0.1) is 11.3 Å². The topological polar surface area (TPSA) is 55.1 Å². The fourth-order valence-electron chi connectivity index (χ4n) is 2.92. The average Bonchev–Trinajstić information content (AvgIpc) is 3.20. The zero-order valence-corrected chi connectivity index (χ0v) is 14.7. The number of aromatic nitrogens is 1. The number of aryl methyl sites for hydroxylation is 2. The lowest BCUT2D eigenvalue weighted by Gasteiger charge is -2.03. The summed E-state index contributed by atoms with van der Waals surface area (Å²) in [5, 5.41) is 7.71. The predicted molar refractivity (Wildman–Crippen MR) is 101 cm³/mol. The van der Waals surface area contributed by atoms with Gasteiger partial charge in [-0.15, -0.1) is 11.3 Å². The molecule has 0 radical (unpaired) electrons. The fourth-order valence-corrected chi connectivity index (χ4v) is 3.63. The number of carbonyl (C=O) groups is 1. The van der Waals surface area contributed by atoms with E-state index in [0.717, 1.165) is 22.4 Å². The van der Waals surface area contributed by atoms with Gasteiger partial charge in [-0.3, -0.25) is 10.1 Å². The van der Waals surface area contributed by atoms with Crippen molar-refractivity contribution in [2.45, 2.75) is 13.8 Å². The third-order valence-corrected chi connectivity index (χ3v) is 4.83. The number of nitrogens with one attached hydrogen (secondary N) is 1. The normalized spacial score (nSPS) is 11.0. The van der Waals surface area contributed by atoms with E-state index in [-0.39, 0.29) is 5.91 Å². The van der Waals surface area contributed by atoms with Crippen molar-refractivity contribution >= 4 is 33.1 Å². The highest BCUT2D eigenvalue weighted by Crippen LogP contribution is 2.31. The van der Waals surface area contributed by atoms with E-state index >= 15 is 0 Å². The van der Waals surface area contributed by atoms with Gasteiger partial charge in [-0.05, 0) is 30.7 Å². The van der Waals surface area contributed by atoms with Crippen molar-refractivity contribution in [2.75, 3.05) is 5.32 Å². The van der Waals surface area contributed by atoms with Crippen molar-refractivity contribution in [3.63, 3.8) is 0 Å². The van der Waals surface area contributed by atoms with Crippen LogP contribution in [0.3, 0.4) is 0 Å². The van der Waals surface area contributed by atoms with Crippen LogP contribution in [0.25, 0.3) is 22.0 Å². The predicted octanol–water partition coefficient (Wildman–Crippen LogP) is 5.43. The molecule has 1 amide bonds. The van der Waals surface area contributed by atoms with E-state index in [1.807, 2.05) is 36.6 Å². The molecular formula is C20H16N2O2S. The van der Waals surface area contributed by atoms with E-state index < -0.39 is 0 Å². The molecule has 0 atom stereocenters. The van der Waals surface area contributed by atoms with Crippen molar-refractivity contribution < 1.29 is 9.21 Å². The number of rotatable bonds is 3. The third-order valence-electron chi connectivity index (χ3n) is 4.08. The van der Waals surface area contributed by atoms with Crippen molar-refractivity contribution in [1.82, 2.24) is 4.98 Å². The van der Waals surface area contributed by atoms with Gasteiger partial charge in [0.2, 0.25) is 0 Å². The van der Waals surface area contributed by atoms with Crippen molar-refractivity contribution in [1.29, 1.82) is 0 Å². The smallest absolute Gasteiger partial charge is 0.260 e. The quantitative estimate of drug-likeness (QED) is 0.537. The standard InChI is InChI=1S/C20H16N2O2S/c1-12-10-17(13(2)24-12)19(23)22-20-21-18(11-25-20)16-9-5-7-14-6-3-4-8-15(14)16/h3-11H,1-2H3,(H,21,22,23). The lowest BCUT2D eigenvalue weighted by Crippen LogP contribution is -2.11. The number of thiazole rings is 1. The molecule has 0 aliphatic heterocycles. The van der Waals surface area contributed by atoms with Gasteiger partial charge in [0.1, 0.15) is 11.5 Å². The molecular weight excluding hydrogens is 332 g/mol. The Morgan fingerprint density at radius 1 is 1.12 bits per heavy atom. The third kappa shape index (κ3) is 2.94. The van der Waals surface area contributed by atoms with Gasteiger partial charge in [-0.1, -0.05) is 42.5 Å². The van der Waals surface area contributed by atoms with Crippen LogP contribution in [0.4, 0.5) is 5.13 Å². The maximum Gasteiger partial charge on any atom is 0.260 e. The highest BCUT2D eigenvalue weighted by Gasteiger charge is 2.16. The van der Waals surface area contributed by atoms with Crippen LogP contribution in [-0.2, 0) is 0 Å². The van der Waals surface area contributed by atoms with Crippen LogP contribution < -0.4 is 5.32 Å². The van der Waals surface area contributed by atoms with E-state index in [1.165, 1.54) is 16.7 Å². The molecule has 0 spiro atoms. The molecule has 0 fully saturated rings. The van der Waals surface area contributed by atoms with Crippen LogP contribution in [0.2, 0.25) is 0 Å². The Bertz CT molecular complexity index is 1070. The highest BCUT2D eigenvalue weighted by molar-refractivity contribution is 7.14. The second kappa shape index (κ2) is 6.18. The van der Waals surface area contributed by atoms with Crippen molar-refractivity contribution in [3.05, 3.63) is 71.0 Å². The lowest BCUT2D eigenvalue weighted by molar-refractivity contribution is 0.102. The molecule has 5 heteroatoms. The van der Waals surface area contributed by atoms with Gasteiger partial charge in [-0.2, -0.15) is 0 Å². The zero-order valence-electron chi connectivity index (χ0n) is 13.9. The summed E-state index contributed by atoms with van der Waals surface area (Å²) in [6.45, 7) is 3.61. The molecule has 25 heavy (non-hydrogen) atoms. The number of hydrogen-bond acceptors (Lipinski definition) is 4. The number of fused-ring (bicyclic) bond motifs is 1. The average molecular weight is 348 g/mol. The Hall–Kier alpha value is -2.92. The minimum Gasteiger partial charge on any atom is -0.466 e. The summed E-state index contributed by atoms with van der Waals surface area (Å²) < 4.78 is 5.42. The summed E-state index contributed by atoms with van der Waals surface area (Å²) in [5.41, 5.74) is 2.46. The second-order valence-electron chi connectivity index (χ2n) is 5.85. The number of hydrogen-bond donors (Lipinski definition) is 1. The van der Waals surface area contributed by atoms with E-state index in [0.29, 0.717) is 16.5 Å². The lowest BCUT2D eigenvalue weighted by atomic mass is 10.0. The van der Waals surface area contributed by atoms with Crippen molar-refractivity contribution in [2.24, 2.45) is 0 Å². The van der Waals surface area contributed by atoms with Crippen LogP contribution >= 0.6 is 11.3 Å². The number of carbonyl (C=O) groups excluding carboxylic acids is 1. The number of nitrogens with zero attached hydrogens (tertiary/aromatic N) is 1. The molecule has 0 saturated carbocycles. The first-order valence-electron chi connectivity index (χ1n) is 7.94. The molecule has 4 aromatic rings. The van der Waals surface area contributed by atoms with Gasteiger partial charge in [-0.25, -0.2) is 4.98 Å². The molecule has 0 unspecified atom stereocenters. The maximum atomic E-state index is 12.4. The summed E-state index contributed by atoms with van der Waals surface area (Å²) in [6, 6.07) is 16.1. The first-order valence-corrected chi connectivity index (χ1v) is 8.82. The Balaban J connectivity index is 1.64. The molecule has 2 heterocycles. The van der Waals surface area contributed by atoms with E-state index in [1.54, 1.807) is 13.0 Å². The number of furan rings is 1. The molecule has 2 aromatic heterocycles. The molecule has 124 valence electrons. The van der Waals surface area contributed by atoms with Crippen molar-refractivity contribution in [3.8, 4) is 11.3 Å². The van der Waals surface area contributed by atoms with Gasteiger partial charge in [0.15, 0.2) is 5.13 Å².